The molecule has 0 unspecified atom stereocenters. The van der Waals surface area contributed by atoms with Crippen LogP contribution in [0.5, 0.6) is 0 Å². The zero-order valence-corrected chi connectivity index (χ0v) is 16.0. The summed E-state index contributed by atoms with van der Waals surface area (Å²) in [6.45, 7) is 9.20. The van der Waals surface area contributed by atoms with E-state index in [4.69, 9.17) is 4.74 Å². The first-order valence-corrected chi connectivity index (χ1v) is 9.16. The molecule has 0 aliphatic rings. The smallest absolute Gasteiger partial charge is 0.280 e. The van der Waals surface area contributed by atoms with E-state index < -0.39 is 0 Å². The molecule has 0 atom stereocenters. The summed E-state index contributed by atoms with van der Waals surface area (Å²) in [6, 6.07) is 5.86. The largest absolute Gasteiger partial charge is 0.379 e. The maximum absolute atomic E-state index is 13.2. The molecule has 1 N–H and O–H groups in total. The zero-order valence-electron chi connectivity index (χ0n) is 16.0. The Kier molecular flexibility index (Phi) is 7.33. The normalized spacial score (nSPS) is 12.2. The van der Waals surface area contributed by atoms with Gasteiger partial charge in [-0.2, -0.15) is 0 Å². The Labute approximate surface area is 153 Å². The number of aromatic nitrogens is 2. The van der Waals surface area contributed by atoms with Crippen LogP contribution in [-0.2, 0) is 11.2 Å². The van der Waals surface area contributed by atoms with Gasteiger partial charge in [0.1, 0.15) is 5.82 Å². The Morgan fingerprint density at radius 2 is 2.00 bits per heavy atom. The van der Waals surface area contributed by atoms with Crippen molar-refractivity contribution in [3.8, 4) is 5.69 Å². The van der Waals surface area contributed by atoms with Gasteiger partial charge in [-0.15, -0.1) is 0 Å². The second-order valence-corrected chi connectivity index (χ2v) is 6.57. The number of hydrogen-bond donors (Lipinski definition) is 1. The van der Waals surface area contributed by atoms with E-state index in [1.165, 1.54) is 16.8 Å². The van der Waals surface area contributed by atoms with Crippen LogP contribution >= 0.6 is 0 Å². The minimum Gasteiger partial charge on any atom is -0.379 e. The van der Waals surface area contributed by atoms with Crippen LogP contribution < -0.4 is 5.56 Å². The summed E-state index contributed by atoms with van der Waals surface area (Å²) in [5, 5.41) is 3.16. The molecule has 142 valence electrons. The first-order valence-electron chi connectivity index (χ1n) is 9.16. The van der Waals surface area contributed by atoms with Crippen LogP contribution in [0.15, 0.2) is 34.1 Å². The van der Waals surface area contributed by atoms with Crippen molar-refractivity contribution in [1.29, 1.82) is 0 Å². The standard InChI is InChI=1S/C20H28FN3O2/c1-5-7-18-19(15(4)22-12-6-13-26-14(2)3)20(25)24(23-18)17-10-8-16(21)9-11-17/h8-11,14,23H,5-7,12-13H2,1-4H3. The Bertz CT molecular complexity index is 788. The molecule has 0 spiro atoms. The van der Waals surface area contributed by atoms with Gasteiger partial charge >= 0.3 is 0 Å². The second kappa shape index (κ2) is 9.48. The lowest BCUT2D eigenvalue weighted by Gasteiger charge is -2.06. The molecule has 1 aromatic heterocycles. The highest BCUT2D eigenvalue weighted by Gasteiger charge is 2.17. The lowest BCUT2D eigenvalue weighted by Crippen LogP contribution is -2.20. The van der Waals surface area contributed by atoms with Gasteiger partial charge in [-0.05, 0) is 57.9 Å². The molecule has 1 heterocycles. The highest BCUT2D eigenvalue weighted by atomic mass is 19.1. The number of nitrogens with one attached hydrogen (secondary N) is 1. The lowest BCUT2D eigenvalue weighted by atomic mass is 10.1. The molecular weight excluding hydrogens is 333 g/mol. The van der Waals surface area contributed by atoms with Crippen LogP contribution in [0.2, 0.25) is 0 Å². The predicted octanol–water partition coefficient (Wildman–Crippen LogP) is 3.88. The van der Waals surface area contributed by atoms with Crippen molar-refractivity contribution in [2.45, 2.75) is 53.1 Å². The van der Waals surface area contributed by atoms with Gasteiger partial charge in [0.05, 0.1) is 17.4 Å². The first-order chi connectivity index (χ1) is 12.4. The third-order valence-corrected chi connectivity index (χ3v) is 4.01. The molecule has 0 radical (unpaired) electrons. The van der Waals surface area contributed by atoms with Crippen LogP contribution in [0.1, 0.15) is 51.8 Å². The van der Waals surface area contributed by atoms with Crippen LogP contribution in [0.4, 0.5) is 4.39 Å². The van der Waals surface area contributed by atoms with E-state index in [2.05, 4.69) is 17.0 Å². The van der Waals surface area contributed by atoms with E-state index >= 15 is 0 Å². The van der Waals surface area contributed by atoms with Gasteiger partial charge in [-0.3, -0.25) is 14.9 Å². The van der Waals surface area contributed by atoms with Crippen LogP contribution in [-0.4, -0.2) is 34.7 Å². The van der Waals surface area contributed by atoms with E-state index in [0.29, 0.717) is 24.4 Å². The average molecular weight is 361 g/mol. The number of benzene rings is 1. The Balaban J connectivity index is 2.26. The van der Waals surface area contributed by atoms with Crippen molar-refractivity contribution in [3.63, 3.8) is 0 Å². The highest BCUT2D eigenvalue weighted by molar-refractivity contribution is 5.99. The number of halogens is 1. The topological polar surface area (TPSA) is 59.4 Å². The minimum absolute atomic E-state index is 0.153. The van der Waals surface area contributed by atoms with Crippen molar-refractivity contribution >= 4 is 5.71 Å². The Morgan fingerprint density at radius 3 is 2.62 bits per heavy atom. The van der Waals surface area contributed by atoms with E-state index in [0.717, 1.165) is 30.7 Å². The minimum atomic E-state index is -0.330. The number of rotatable bonds is 9. The van der Waals surface area contributed by atoms with Crippen LogP contribution in [0, 0.1) is 5.82 Å². The molecule has 0 saturated heterocycles. The summed E-state index contributed by atoms with van der Waals surface area (Å²) >= 11 is 0. The number of aromatic amines is 1. The summed E-state index contributed by atoms with van der Waals surface area (Å²) in [5.41, 5.74) is 2.65. The van der Waals surface area contributed by atoms with Crippen molar-refractivity contribution in [3.05, 3.63) is 51.7 Å². The molecule has 6 heteroatoms. The molecule has 0 fully saturated rings. The number of aryl methyl sites for hydroxylation is 1. The molecule has 2 rings (SSSR count). The SMILES string of the molecule is CCCc1[nH]n(-c2ccc(F)cc2)c(=O)c1C(C)=NCCCOC(C)C. The molecule has 2 aromatic rings. The Morgan fingerprint density at radius 1 is 1.31 bits per heavy atom. The van der Waals surface area contributed by atoms with E-state index in [1.54, 1.807) is 12.1 Å². The van der Waals surface area contributed by atoms with Gasteiger partial charge in [0.2, 0.25) is 0 Å². The average Bonchev–Trinajstić information content (AvgIpc) is 2.91. The van der Waals surface area contributed by atoms with Gasteiger partial charge < -0.3 is 4.74 Å². The molecule has 0 amide bonds. The molecule has 1 aromatic carbocycles. The second-order valence-electron chi connectivity index (χ2n) is 6.57. The Hall–Kier alpha value is -2.21. The third-order valence-electron chi connectivity index (χ3n) is 4.01. The maximum Gasteiger partial charge on any atom is 0.280 e. The summed E-state index contributed by atoms with van der Waals surface area (Å²) in [4.78, 5) is 17.5. The molecular formula is C20H28FN3O2. The third kappa shape index (κ3) is 5.14. The van der Waals surface area contributed by atoms with Gasteiger partial charge in [-0.1, -0.05) is 13.3 Å². The van der Waals surface area contributed by atoms with Gasteiger partial charge in [0.25, 0.3) is 5.56 Å². The molecule has 0 saturated carbocycles. The fraction of sp³-hybridized carbons (Fsp3) is 0.500. The maximum atomic E-state index is 13.2. The summed E-state index contributed by atoms with van der Waals surface area (Å²) in [6.07, 6.45) is 2.69. The molecule has 0 bridgehead atoms. The molecule has 26 heavy (non-hydrogen) atoms. The first kappa shape index (κ1) is 20.1. The highest BCUT2D eigenvalue weighted by Crippen LogP contribution is 2.12. The fourth-order valence-corrected chi connectivity index (χ4v) is 2.77. The number of H-pyrrole nitrogens is 1. The van der Waals surface area contributed by atoms with Gasteiger partial charge in [0, 0.05) is 24.6 Å². The van der Waals surface area contributed by atoms with E-state index in [1.807, 2.05) is 20.8 Å². The van der Waals surface area contributed by atoms with Crippen LogP contribution in [0.3, 0.4) is 0 Å². The number of hydrogen-bond acceptors (Lipinski definition) is 3. The molecule has 5 nitrogen and oxygen atoms in total. The monoisotopic (exact) mass is 361 g/mol. The quantitative estimate of drug-likeness (QED) is 0.544. The molecule has 0 aliphatic heterocycles. The van der Waals surface area contributed by atoms with E-state index in [9.17, 15) is 9.18 Å². The number of nitrogens with zero attached hydrogens (tertiary/aromatic N) is 2. The van der Waals surface area contributed by atoms with Crippen molar-refractivity contribution in [2.24, 2.45) is 4.99 Å². The molecule has 0 aliphatic carbocycles. The van der Waals surface area contributed by atoms with Crippen molar-refractivity contribution < 1.29 is 9.13 Å². The predicted molar refractivity (Wildman–Crippen MR) is 103 cm³/mol. The fourth-order valence-electron chi connectivity index (χ4n) is 2.77. The van der Waals surface area contributed by atoms with Gasteiger partial charge in [-0.25, -0.2) is 9.07 Å². The van der Waals surface area contributed by atoms with Crippen molar-refractivity contribution in [2.75, 3.05) is 13.2 Å². The summed E-state index contributed by atoms with van der Waals surface area (Å²) < 4.78 is 20.1. The van der Waals surface area contributed by atoms with Crippen LogP contribution in [0.25, 0.3) is 5.69 Å². The van der Waals surface area contributed by atoms with Gasteiger partial charge in [0.15, 0.2) is 0 Å². The number of ether oxygens (including phenoxy) is 1. The van der Waals surface area contributed by atoms with E-state index in [-0.39, 0.29) is 17.5 Å². The zero-order chi connectivity index (χ0) is 19.1. The summed E-state index contributed by atoms with van der Waals surface area (Å²) in [5.74, 6) is -0.330. The lowest BCUT2D eigenvalue weighted by molar-refractivity contribution is 0.0783. The summed E-state index contributed by atoms with van der Waals surface area (Å²) in [7, 11) is 0. The van der Waals surface area contributed by atoms with Crippen molar-refractivity contribution in [1.82, 2.24) is 9.78 Å². The number of aliphatic imine (C=N–C) groups is 1.